The summed E-state index contributed by atoms with van der Waals surface area (Å²) >= 11 is 0. The van der Waals surface area contributed by atoms with Crippen LogP contribution in [0.15, 0.2) is 188 Å². The highest BCUT2D eigenvalue weighted by Crippen LogP contribution is 2.43. The molecule has 0 atom stereocenters. The number of benzene rings is 7. The van der Waals surface area contributed by atoms with Crippen LogP contribution in [0.1, 0.15) is 58.7 Å². The number of fused-ring (bicyclic) bond motifs is 3. The molecular weight excluding hydrogens is 661 g/mol. The maximum Gasteiger partial charge on any atom is -0.000728 e. The number of rotatable bonds is 3. The van der Waals surface area contributed by atoms with Crippen LogP contribution in [0.3, 0.4) is 0 Å². The fraction of sp³-hybridized carbons (Fsp3) is 0.164. The second kappa shape index (κ2) is 18.9. The smallest absolute Gasteiger partial charge is 0.000728 e. The third kappa shape index (κ3) is 10.4. The molecule has 0 nitrogen and oxygen atoms in total. The van der Waals surface area contributed by atoms with Gasteiger partial charge < -0.3 is 0 Å². The Morgan fingerprint density at radius 3 is 1.51 bits per heavy atom. The summed E-state index contributed by atoms with van der Waals surface area (Å²) in [6.45, 7) is 12.9. The summed E-state index contributed by atoms with van der Waals surface area (Å²) in [4.78, 5) is 0. The minimum absolute atomic E-state index is 0.994. The molecule has 0 bridgehead atoms. The molecule has 0 amide bonds. The van der Waals surface area contributed by atoms with Crippen molar-refractivity contribution in [2.45, 2.75) is 60.8 Å². The molecular formula is C55H54. The first-order valence-electron chi connectivity index (χ1n) is 19.6. The van der Waals surface area contributed by atoms with E-state index in [1.54, 1.807) is 0 Å². The lowest BCUT2D eigenvalue weighted by Gasteiger charge is -2.14. The summed E-state index contributed by atoms with van der Waals surface area (Å²) < 4.78 is 0. The van der Waals surface area contributed by atoms with Gasteiger partial charge >= 0.3 is 0 Å². The van der Waals surface area contributed by atoms with Gasteiger partial charge in [0.1, 0.15) is 0 Å². The van der Waals surface area contributed by atoms with Crippen molar-refractivity contribution in [3.63, 3.8) is 0 Å². The first-order chi connectivity index (χ1) is 26.8. The van der Waals surface area contributed by atoms with Crippen molar-refractivity contribution < 1.29 is 0 Å². The van der Waals surface area contributed by atoms with E-state index < -0.39 is 0 Å². The van der Waals surface area contributed by atoms with E-state index in [0.29, 0.717) is 0 Å². The third-order valence-electron chi connectivity index (χ3n) is 10.4. The zero-order chi connectivity index (χ0) is 38.6. The van der Waals surface area contributed by atoms with E-state index in [2.05, 4.69) is 187 Å². The highest BCUT2D eigenvalue weighted by molar-refractivity contribution is 5.88. The van der Waals surface area contributed by atoms with Gasteiger partial charge in [-0.15, -0.1) is 0 Å². The van der Waals surface area contributed by atoms with Crippen LogP contribution in [0.4, 0.5) is 0 Å². The topological polar surface area (TPSA) is 0 Å². The molecule has 0 radical (unpaired) electrons. The number of aryl methyl sites for hydroxylation is 5. The summed E-state index contributed by atoms with van der Waals surface area (Å²) in [5, 5.41) is 0. The molecule has 0 saturated heterocycles. The maximum absolute atomic E-state index is 2.38. The fourth-order valence-corrected chi connectivity index (χ4v) is 7.20. The Kier molecular flexibility index (Phi) is 13.3. The molecule has 0 aromatic heterocycles. The van der Waals surface area contributed by atoms with E-state index in [1.807, 2.05) is 36.4 Å². The molecule has 7 aromatic carbocycles. The van der Waals surface area contributed by atoms with Crippen LogP contribution in [0.5, 0.6) is 0 Å². The highest BCUT2D eigenvalue weighted by atomic mass is 14.3. The largest absolute Gasteiger partial charge is 0.0842 e. The normalized spacial score (nSPS) is 12.0. The van der Waals surface area contributed by atoms with Crippen LogP contribution in [-0.4, -0.2) is 0 Å². The van der Waals surface area contributed by atoms with E-state index in [1.165, 1.54) is 102 Å². The first kappa shape index (κ1) is 38.7. The Morgan fingerprint density at radius 1 is 0.382 bits per heavy atom. The summed E-state index contributed by atoms with van der Waals surface area (Å²) in [6.07, 6.45) is 9.99. The van der Waals surface area contributed by atoms with Gasteiger partial charge in [0, 0.05) is 0 Å². The molecule has 2 aliphatic carbocycles. The van der Waals surface area contributed by atoms with Gasteiger partial charge in [-0.3, -0.25) is 0 Å². The molecule has 0 aliphatic heterocycles. The van der Waals surface area contributed by atoms with Gasteiger partial charge in [-0.2, -0.15) is 0 Å². The molecule has 0 fully saturated rings. The van der Waals surface area contributed by atoms with Crippen LogP contribution in [0.25, 0.3) is 44.5 Å². The fourth-order valence-electron chi connectivity index (χ4n) is 7.20. The van der Waals surface area contributed by atoms with Crippen LogP contribution in [0.2, 0.25) is 0 Å². The predicted octanol–water partition coefficient (Wildman–Crippen LogP) is 15.5. The average molecular weight is 715 g/mol. The van der Waals surface area contributed by atoms with E-state index >= 15 is 0 Å². The Balaban J connectivity index is 0.000000197. The zero-order valence-electron chi connectivity index (χ0n) is 33.4. The number of allylic oxidation sites excluding steroid dienone is 4. The predicted molar refractivity (Wildman–Crippen MR) is 240 cm³/mol. The number of hydrogen-bond acceptors (Lipinski definition) is 0. The van der Waals surface area contributed by atoms with Crippen molar-refractivity contribution in [2.24, 2.45) is 0 Å². The SMILES string of the molecule is CC1=CC=CCC1.Cc1ccc(-c2ccc3c(c2)-c2cccc(-c4ccc(-c5ccccc5C)c(C)c4)c2C3)cc1.Cc1ccccc1.Cc1ccccc1. The second-order valence-electron chi connectivity index (χ2n) is 14.9. The van der Waals surface area contributed by atoms with Crippen LogP contribution >= 0.6 is 0 Å². The van der Waals surface area contributed by atoms with E-state index in [4.69, 9.17) is 0 Å². The van der Waals surface area contributed by atoms with Crippen LogP contribution in [-0.2, 0) is 6.42 Å². The molecule has 9 rings (SSSR count). The molecule has 0 heterocycles. The van der Waals surface area contributed by atoms with Gasteiger partial charge in [-0.25, -0.2) is 0 Å². The van der Waals surface area contributed by atoms with Crippen LogP contribution < -0.4 is 0 Å². The van der Waals surface area contributed by atoms with Crippen molar-refractivity contribution in [3.8, 4) is 44.5 Å². The van der Waals surface area contributed by atoms with Crippen molar-refractivity contribution in [2.75, 3.05) is 0 Å². The molecule has 7 aromatic rings. The Morgan fingerprint density at radius 2 is 0.945 bits per heavy atom. The lowest BCUT2D eigenvalue weighted by atomic mass is 9.91. The summed E-state index contributed by atoms with van der Waals surface area (Å²) in [6, 6.07) is 58.7. The van der Waals surface area contributed by atoms with Crippen molar-refractivity contribution >= 4 is 0 Å². The quantitative estimate of drug-likeness (QED) is 0.171. The van der Waals surface area contributed by atoms with Crippen molar-refractivity contribution in [3.05, 3.63) is 227 Å². The Labute approximate surface area is 330 Å². The van der Waals surface area contributed by atoms with E-state index in [0.717, 1.165) is 6.42 Å². The van der Waals surface area contributed by atoms with Gasteiger partial charge in [-0.1, -0.05) is 198 Å². The standard InChI is InChI=1S/C34H28.C7H10.2C7H8/c1-22-11-13-25(14-12-22)26-15-16-28-21-34-31(9-6-10-32(34)33(28)20-26)27-17-18-30(24(3)19-27)29-8-5-4-7-23(29)2;3*1-7-5-3-2-4-6-7/h4-20H,21H2,1-3H3;2-3,5H,4,6H2,1H3;2*2-6H,1H3. The maximum atomic E-state index is 2.38. The van der Waals surface area contributed by atoms with Gasteiger partial charge in [0.15, 0.2) is 0 Å². The van der Waals surface area contributed by atoms with Gasteiger partial charge in [0.25, 0.3) is 0 Å². The summed E-state index contributed by atoms with van der Waals surface area (Å²) in [5.74, 6) is 0. The monoisotopic (exact) mass is 714 g/mol. The van der Waals surface area contributed by atoms with E-state index in [-0.39, 0.29) is 0 Å². The Hall–Kier alpha value is -5.98. The molecule has 274 valence electrons. The lowest BCUT2D eigenvalue weighted by molar-refractivity contribution is 0.962. The first-order valence-corrected chi connectivity index (χ1v) is 19.6. The molecule has 0 saturated carbocycles. The van der Waals surface area contributed by atoms with E-state index in [9.17, 15) is 0 Å². The third-order valence-corrected chi connectivity index (χ3v) is 10.4. The summed E-state index contributed by atoms with van der Waals surface area (Å²) in [7, 11) is 0. The van der Waals surface area contributed by atoms with Gasteiger partial charge in [-0.05, 0) is 134 Å². The number of hydrogen-bond donors (Lipinski definition) is 0. The second-order valence-corrected chi connectivity index (χ2v) is 14.9. The molecule has 55 heavy (non-hydrogen) atoms. The molecule has 0 unspecified atom stereocenters. The molecule has 2 aliphatic rings. The van der Waals surface area contributed by atoms with Gasteiger partial charge in [0.05, 0.1) is 0 Å². The van der Waals surface area contributed by atoms with Crippen LogP contribution in [0, 0.1) is 34.6 Å². The summed E-state index contributed by atoms with van der Waals surface area (Å²) in [5.41, 5.74) is 21.6. The molecule has 0 spiro atoms. The minimum Gasteiger partial charge on any atom is -0.0842 e. The zero-order valence-corrected chi connectivity index (χ0v) is 33.4. The Bertz CT molecular complexity index is 2330. The average Bonchev–Trinajstić information content (AvgIpc) is 3.59. The highest BCUT2D eigenvalue weighted by Gasteiger charge is 2.22. The molecule has 0 heteroatoms. The van der Waals surface area contributed by atoms with Gasteiger partial charge in [0.2, 0.25) is 0 Å². The van der Waals surface area contributed by atoms with Crippen molar-refractivity contribution in [1.29, 1.82) is 0 Å². The lowest BCUT2D eigenvalue weighted by Crippen LogP contribution is -1.91. The molecule has 0 N–H and O–H groups in total. The minimum atomic E-state index is 0.994. The van der Waals surface area contributed by atoms with Crippen molar-refractivity contribution in [1.82, 2.24) is 0 Å².